The van der Waals surface area contributed by atoms with Gasteiger partial charge in [0.2, 0.25) is 0 Å². The van der Waals surface area contributed by atoms with Gasteiger partial charge in [-0.25, -0.2) is 4.39 Å². The molecular formula is C17H16FNO4. The third kappa shape index (κ3) is 4.29. The Morgan fingerprint density at radius 3 is 2.43 bits per heavy atom. The van der Waals surface area contributed by atoms with Gasteiger partial charge in [0.25, 0.3) is 5.91 Å². The van der Waals surface area contributed by atoms with Crippen LogP contribution in [0.3, 0.4) is 0 Å². The van der Waals surface area contributed by atoms with Gasteiger partial charge in [-0.3, -0.25) is 9.59 Å². The molecule has 1 atom stereocenters. The molecule has 0 saturated heterocycles. The van der Waals surface area contributed by atoms with Crippen molar-refractivity contribution >= 4 is 11.9 Å². The first-order valence-corrected chi connectivity index (χ1v) is 6.92. The van der Waals surface area contributed by atoms with Crippen LogP contribution >= 0.6 is 0 Å². The third-order valence-electron chi connectivity index (χ3n) is 3.31. The molecule has 6 heteroatoms. The Morgan fingerprint density at radius 2 is 1.83 bits per heavy atom. The zero-order valence-electron chi connectivity index (χ0n) is 12.5. The molecule has 0 saturated carbocycles. The van der Waals surface area contributed by atoms with E-state index in [1.54, 1.807) is 24.3 Å². The van der Waals surface area contributed by atoms with Gasteiger partial charge in [0.15, 0.2) is 0 Å². The predicted molar refractivity (Wildman–Crippen MR) is 81.9 cm³/mol. The summed E-state index contributed by atoms with van der Waals surface area (Å²) < 4.78 is 18.1. The fourth-order valence-electron chi connectivity index (χ4n) is 2.19. The standard InChI is InChI=1S/C17H16FNO4/c1-23-15-5-3-2-4-13(15)17(22)19-14(10-16(20)21)11-6-8-12(18)9-7-11/h2-9,14H,10H2,1H3,(H,19,22)(H,20,21)/t14-/m1/s1. The maximum Gasteiger partial charge on any atom is 0.305 e. The van der Waals surface area contributed by atoms with Gasteiger partial charge in [0.05, 0.1) is 25.1 Å². The van der Waals surface area contributed by atoms with E-state index in [0.717, 1.165) is 0 Å². The van der Waals surface area contributed by atoms with E-state index in [-0.39, 0.29) is 6.42 Å². The first-order chi connectivity index (χ1) is 11.0. The van der Waals surface area contributed by atoms with E-state index in [1.165, 1.54) is 31.4 Å². The van der Waals surface area contributed by atoms with Crippen molar-refractivity contribution in [1.29, 1.82) is 0 Å². The number of methoxy groups -OCH3 is 1. The smallest absolute Gasteiger partial charge is 0.305 e. The average Bonchev–Trinajstić information content (AvgIpc) is 2.54. The zero-order chi connectivity index (χ0) is 16.8. The third-order valence-corrected chi connectivity index (χ3v) is 3.31. The molecule has 0 unspecified atom stereocenters. The zero-order valence-corrected chi connectivity index (χ0v) is 12.5. The monoisotopic (exact) mass is 317 g/mol. The molecule has 0 heterocycles. The molecule has 0 bridgehead atoms. The van der Waals surface area contributed by atoms with Crippen molar-refractivity contribution in [3.8, 4) is 5.75 Å². The summed E-state index contributed by atoms with van der Waals surface area (Å²) in [5, 5.41) is 11.7. The van der Waals surface area contributed by atoms with Gasteiger partial charge in [0.1, 0.15) is 11.6 Å². The fraction of sp³-hybridized carbons (Fsp3) is 0.176. The Labute approximate surface area is 132 Å². The number of hydrogen-bond acceptors (Lipinski definition) is 3. The van der Waals surface area contributed by atoms with E-state index in [1.807, 2.05) is 0 Å². The number of amides is 1. The molecule has 2 aromatic carbocycles. The Morgan fingerprint density at radius 1 is 1.17 bits per heavy atom. The van der Waals surface area contributed by atoms with Gasteiger partial charge < -0.3 is 15.2 Å². The molecule has 5 nitrogen and oxygen atoms in total. The minimum Gasteiger partial charge on any atom is -0.496 e. The van der Waals surface area contributed by atoms with Crippen molar-refractivity contribution in [2.75, 3.05) is 7.11 Å². The van der Waals surface area contributed by atoms with Crippen LogP contribution in [-0.4, -0.2) is 24.1 Å². The number of para-hydroxylation sites is 1. The highest BCUT2D eigenvalue weighted by Crippen LogP contribution is 2.21. The van der Waals surface area contributed by atoms with E-state index in [0.29, 0.717) is 16.9 Å². The second-order valence-electron chi connectivity index (χ2n) is 4.88. The summed E-state index contributed by atoms with van der Waals surface area (Å²) in [5.74, 6) is -1.57. The molecule has 0 fully saturated rings. The number of carboxylic acids is 1. The number of nitrogens with one attached hydrogen (secondary N) is 1. The van der Waals surface area contributed by atoms with Crippen LogP contribution in [0.2, 0.25) is 0 Å². The van der Waals surface area contributed by atoms with Crippen molar-refractivity contribution in [2.45, 2.75) is 12.5 Å². The minimum absolute atomic E-state index is 0.299. The lowest BCUT2D eigenvalue weighted by Gasteiger charge is -2.18. The Kier molecular flexibility index (Phi) is 5.30. The summed E-state index contributed by atoms with van der Waals surface area (Å²) in [6, 6.07) is 11.2. The highest BCUT2D eigenvalue weighted by molar-refractivity contribution is 5.97. The van der Waals surface area contributed by atoms with Crippen LogP contribution in [0.5, 0.6) is 5.75 Å². The van der Waals surface area contributed by atoms with Gasteiger partial charge >= 0.3 is 5.97 Å². The van der Waals surface area contributed by atoms with E-state index in [4.69, 9.17) is 9.84 Å². The van der Waals surface area contributed by atoms with E-state index in [9.17, 15) is 14.0 Å². The van der Waals surface area contributed by atoms with Gasteiger partial charge in [0, 0.05) is 0 Å². The number of carbonyl (C=O) groups excluding carboxylic acids is 1. The number of rotatable bonds is 6. The van der Waals surface area contributed by atoms with Gasteiger partial charge in [-0.05, 0) is 29.8 Å². The van der Waals surface area contributed by atoms with Crippen LogP contribution < -0.4 is 10.1 Å². The van der Waals surface area contributed by atoms with Crippen LogP contribution in [0.15, 0.2) is 48.5 Å². The van der Waals surface area contributed by atoms with E-state index >= 15 is 0 Å². The molecule has 2 N–H and O–H groups in total. The second kappa shape index (κ2) is 7.40. The Hall–Kier alpha value is -2.89. The van der Waals surface area contributed by atoms with Crippen molar-refractivity contribution in [3.05, 3.63) is 65.5 Å². The number of halogens is 1. The number of ether oxygens (including phenoxy) is 1. The van der Waals surface area contributed by atoms with Crippen molar-refractivity contribution in [3.63, 3.8) is 0 Å². The molecule has 0 aliphatic heterocycles. The number of hydrogen-bond donors (Lipinski definition) is 2. The summed E-state index contributed by atoms with van der Waals surface area (Å²) in [6.07, 6.45) is -0.313. The van der Waals surface area contributed by atoms with E-state index < -0.39 is 23.7 Å². The number of carbonyl (C=O) groups is 2. The molecule has 120 valence electrons. The molecule has 0 aliphatic carbocycles. The molecule has 0 aliphatic rings. The van der Waals surface area contributed by atoms with Crippen molar-refractivity contribution in [1.82, 2.24) is 5.32 Å². The lowest BCUT2D eigenvalue weighted by atomic mass is 10.0. The molecule has 2 rings (SSSR count). The van der Waals surface area contributed by atoms with Crippen LogP contribution in [0.4, 0.5) is 4.39 Å². The molecule has 0 spiro atoms. The summed E-state index contributed by atoms with van der Waals surface area (Å²) in [4.78, 5) is 23.4. The first-order valence-electron chi connectivity index (χ1n) is 6.92. The highest BCUT2D eigenvalue weighted by Gasteiger charge is 2.20. The highest BCUT2D eigenvalue weighted by atomic mass is 19.1. The maximum absolute atomic E-state index is 13.0. The van der Waals surface area contributed by atoms with Crippen LogP contribution in [0.1, 0.15) is 28.4 Å². The Bertz CT molecular complexity index is 700. The average molecular weight is 317 g/mol. The minimum atomic E-state index is -1.07. The number of aliphatic carboxylic acids is 1. The van der Waals surface area contributed by atoms with Crippen molar-refractivity contribution in [2.24, 2.45) is 0 Å². The number of benzene rings is 2. The maximum atomic E-state index is 13.0. The molecule has 0 radical (unpaired) electrons. The second-order valence-corrected chi connectivity index (χ2v) is 4.88. The topological polar surface area (TPSA) is 75.6 Å². The van der Waals surface area contributed by atoms with Crippen LogP contribution in [0.25, 0.3) is 0 Å². The van der Waals surface area contributed by atoms with Gasteiger partial charge in [-0.1, -0.05) is 24.3 Å². The fourth-order valence-corrected chi connectivity index (χ4v) is 2.19. The lowest BCUT2D eigenvalue weighted by molar-refractivity contribution is -0.137. The Balaban J connectivity index is 2.25. The summed E-state index contributed by atoms with van der Waals surface area (Å²) >= 11 is 0. The van der Waals surface area contributed by atoms with Crippen LogP contribution in [-0.2, 0) is 4.79 Å². The summed E-state index contributed by atoms with van der Waals surface area (Å²) in [7, 11) is 1.45. The quantitative estimate of drug-likeness (QED) is 0.859. The predicted octanol–water partition coefficient (Wildman–Crippen LogP) is 2.78. The molecular weight excluding hydrogens is 301 g/mol. The van der Waals surface area contributed by atoms with Crippen molar-refractivity contribution < 1.29 is 23.8 Å². The lowest BCUT2D eigenvalue weighted by Crippen LogP contribution is -2.30. The van der Waals surface area contributed by atoms with E-state index in [2.05, 4.69) is 5.32 Å². The first kappa shape index (κ1) is 16.5. The molecule has 1 amide bonds. The van der Waals surface area contributed by atoms with Crippen LogP contribution in [0, 0.1) is 5.82 Å². The van der Waals surface area contributed by atoms with Gasteiger partial charge in [-0.2, -0.15) is 0 Å². The largest absolute Gasteiger partial charge is 0.496 e. The SMILES string of the molecule is COc1ccccc1C(=O)N[C@H](CC(=O)O)c1ccc(F)cc1. The van der Waals surface area contributed by atoms with Gasteiger partial charge in [-0.15, -0.1) is 0 Å². The summed E-state index contributed by atoms with van der Waals surface area (Å²) in [5.41, 5.74) is 0.810. The summed E-state index contributed by atoms with van der Waals surface area (Å²) in [6.45, 7) is 0. The molecule has 23 heavy (non-hydrogen) atoms. The number of carboxylic acid groups (broad SMARTS) is 1. The molecule has 0 aromatic heterocycles. The normalized spacial score (nSPS) is 11.6. The molecule has 2 aromatic rings.